The van der Waals surface area contributed by atoms with E-state index >= 15 is 0 Å². The van der Waals surface area contributed by atoms with Crippen molar-refractivity contribution >= 4 is 5.91 Å². The molecule has 1 saturated heterocycles. The molecular formula is C18H19NO4. The average Bonchev–Trinajstić information content (AvgIpc) is 2.86. The van der Waals surface area contributed by atoms with Crippen molar-refractivity contribution in [3.8, 4) is 0 Å². The predicted octanol–water partition coefficient (Wildman–Crippen LogP) is 1.03. The Labute approximate surface area is 134 Å². The Morgan fingerprint density at radius 3 is 2.13 bits per heavy atom. The molecule has 0 aromatic heterocycles. The summed E-state index contributed by atoms with van der Waals surface area (Å²) in [5.41, 5.74) is 1.39. The van der Waals surface area contributed by atoms with Crippen molar-refractivity contribution in [2.45, 2.75) is 24.2 Å². The number of benzene rings is 2. The molecule has 0 bridgehead atoms. The van der Waals surface area contributed by atoms with E-state index < -0.39 is 36.8 Å². The van der Waals surface area contributed by atoms with Gasteiger partial charge in [-0.3, -0.25) is 4.79 Å². The molecule has 1 fully saturated rings. The lowest BCUT2D eigenvalue weighted by Crippen LogP contribution is -2.40. The summed E-state index contributed by atoms with van der Waals surface area (Å²) in [6.07, 6.45) is -2.29. The van der Waals surface area contributed by atoms with Crippen molar-refractivity contribution in [3.63, 3.8) is 0 Å². The first-order chi connectivity index (χ1) is 11.1. The van der Waals surface area contributed by atoms with Crippen molar-refractivity contribution in [1.82, 2.24) is 4.90 Å². The van der Waals surface area contributed by atoms with Gasteiger partial charge >= 0.3 is 0 Å². The summed E-state index contributed by atoms with van der Waals surface area (Å²) >= 11 is 0. The number of likely N-dealkylation sites (tertiary alicyclic amines) is 1. The molecule has 3 rings (SSSR count). The highest BCUT2D eigenvalue weighted by atomic mass is 16.3. The van der Waals surface area contributed by atoms with Gasteiger partial charge in [0.05, 0.1) is 6.04 Å². The van der Waals surface area contributed by atoms with Crippen LogP contribution in [0, 0.1) is 0 Å². The van der Waals surface area contributed by atoms with Crippen molar-refractivity contribution in [2.75, 3.05) is 6.73 Å². The number of rotatable bonds is 4. The summed E-state index contributed by atoms with van der Waals surface area (Å²) in [6.45, 7) is -0.548. The SMILES string of the molecule is O=C1[C@@H](O)[C@H](c2ccccc2)[C@H]([C@@H](O)c2ccccc2)N1CO. The van der Waals surface area contributed by atoms with E-state index in [0.29, 0.717) is 5.56 Å². The van der Waals surface area contributed by atoms with Crippen LogP contribution in [0.3, 0.4) is 0 Å². The third-order valence-electron chi connectivity index (χ3n) is 4.41. The van der Waals surface area contributed by atoms with Crippen molar-refractivity contribution in [1.29, 1.82) is 0 Å². The zero-order valence-electron chi connectivity index (χ0n) is 12.5. The Morgan fingerprint density at radius 2 is 1.57 bits per heavy atom. The van der Waals surface area contributed by atoms with Crippen LogP contribution in [0.2, 0.25) is 0 Å². The van der Waals surface area contributed by atoms with Crippen LogP contribution in [-0.4, -0.2) is 45.0 Å². The largest absolute Gasteiger partial charge is 0.386 e. The summed E-state index contributed by atoms with van der Waals surface area (Å²) in [6, 6.07) is 17.3. The molecule has 1 aliphatic rings. The molecule has 23 heavy (non-hydrogen) atoms. The molecule has 0 saturated carbocycles. The molecule has 1 aliphatic heterocycles. The van der Waals surface area contributed by atoms with Gasteiger partial charge < -0.3 is 20.2 Å². The van der Waals surface area contributed by atoms with Gasteiger partial charge in [0.2, 0.25) is 0 Å². The third kappa shape index (κ3) is 2.74. The standard InChI is InChI=1S/C18H19NO4/c20-11-19-15(16(21)13-9-5-2-6-10-13)14(17(22)18(19)23)12-7-3-1-4-8-12/h1-10,14-17,20-22H,11H2/t14-,15-,16+,17+/m1/s1. The zero-order chi connectivity index (χ0) is 16.4. The van der Waals surface area contributed by atoms with Crippen LogP contribution < -0.4 is 0 Å². The first kappa shape index (κ1) is 15.7. The van der Waals surface area contributed by atoms with Gasteiger partial charge in [0.1, 0.15) is 18.9 Å². The van der Waals surface area contributed by atoms with Crippen molar-refractivity contribution < 1.29 is 20.1 Å². The van der Waals surface area contributed by atoms with E-state index in [1.165, 1.54) is 0 Å². The topological polar surface area (TPSA) is 81.0 Å². The first-order valence-corrected chi connectivity index (χ1v) is 7.52. The van der Waals surface area contributed by atoms with Gasteiger partial charge in [0, 0.05) is 5.92 Å². The fourth-order valence-electron chi connectivity index (χ4n) is 3.28. The Kier molecular flexibility index (Phi) is 4.43. The normalized spacial score (nSPS) is 25.6. The molecule has 3 N–H and O–H groups in total. The monoisotopic (exact) mass is 313 g/mol. The molecule has 1 amide bonds. The third-order valence-corrected chi connectivity index (χ3v) is 4.41. The minimum atomic E-state index is -1.28. The molecule has 5 heteroatoms. The number of hydrogen-bond acceptors (Lipinski definition) is 4. The van der Waals surface area contributed by atoms with E-state index in [1.807, 2.05) is 36.4 Å². The quantitative estimate of drug-likeness (QED) is 0.787. The van der Waals surface area contributed by atoms with Crippen LogP contribution in [0.25, 0.3) is 0 Å². The van der Waals surface area contributed by atoms with Crippen LogP contribution in [0.5, 0.6) is 0 Å². The minimum Gasteiger partial charge on any atom is -0.386 e. The maximum Gasteiger partial charge on any atom is 0.254 e. The molecule has 4 atom stereocenters. The molecule has 0 unspecified atom stereocenters. The van der Waals surface area contributed by atoms with Crippen LogP contribution in [0.15, 0.2) is 60.7 Å². The minimum absolute atomic E-state index is 0.548. The smallest absolute Gasteiger partial charge is 0.254 e. The van der Waals surface area contributed by atoms with Gasteiger partial charge in [-0.2, -0.15) is 0 Å². The lowest BCUT2D eigenvalue weighted by molar-refractivity contribution is -0.140. The van der Waals surface area contributed by atoms with Gasteiger partial charge in [-0.25, -0.2) is 0 Å². The van der Waals surface area contributed by atoms with E-state index in [-0.39, 0.29) is 0 Å². The molecule has 2 aromatic carbocycles. The average molecular weight is 313 g/mol. The van der Waals surface area contributed by atoms with Crippen molar-refractivity contribution in [3.05, 3.63) is 71.8 Å². The molecule has 5 nitrogen and oxygen atoms in total. The highest BCUT2D eigenvalue weighted by molar-refractivity contribution is 5.85. The van der Waals surface area contributed by atoms with Gasteiger partial charge in [0.15, 0.2) is 0 Å². The number of amides is 1. The summed E-state index contributed by atoms with van der Waals surface area (Å²) < 4.78 is 0. The Balaban J connectivity index is 2.03. The van der Waals surface area contributed by atoms with Gasteiger partial charge in [-0.1, -0.05) is 60.7 Å². The highest BCUT2D eigenvalue weighted by Gasteiger charge is 2.50. The van der Waals surface area contributed by atoms with Crippen molar-refractivity contribution in [2.24, 2.45) is 0 Å². The van der Waals surface area contributed by atoms with Gasteiger partial charge in [-0.05, 0) is 11.1 Å². The lowest BCUT2D eigenvalue weighted by atomic mass is 9.85. The number of aliphatic hydroxyl groups is 3. The molecular weight excluding hydrogens is 294 g/mol. The second kappa shape index (κ2) is 6.50. The summed E-state index contributed by atoms with van der Waals surface area (Å²) in [7, 11) is 0. The van der Waals surface area contributed by atoms with Gasteiger partial charge in [0.25, 0.3) is 5.91 Å². The number of aliphatic hydroxyl groups excluding tert-OH is 3. The maximum atomic E-state index is 12.3. The van der Waals surface area contributed by atoms with Crippen LogP contribution in [0.1, 0.15) is 23.1 Å². The highest BCUT2D eigenvalue weighted by Crippen LogP contribution is 2.40. The zero-order valence-corrected chi connectivity index (χ0v) is 12.5. The number of carbonyl (C=O) groups excluding carboxylic acids is 1. The second-order valence-electron chi connectivity index (χ2n) is 5.68. The Morgan fingerprint density at radius 1 is 1.00 bits per heavy atom. The fourth-order valence-corrected chi connectivity index (χ4v) is 3.28. The van der Waals surface area contributed by atoms with E-state index in [1.54, 1.807) is 24.3 Å². The van der Waals surface area contributed by atoms with E-state index in [9.17, 15) is 20.1 Å². The van der Waals surface area contributed by atoms with Crippen LogP contribution in [0.4, 0.5) is 0 Å². The second-order valence-corrected chi connectivity index (χ2v) is 5.68. The number of hydrogen-bond donors (Lipinski definition) is 3. The predicted molar refractivity (Wildman–Crippen MR) is 84.3 cm³/mol. The van der Waals surface area contributed by atoms with Gasteiger partial charge in [-0.15, -0.1) is 0 Å². The molecule has 120 valence electrons. The van der Waals surface area contributed by atoms with E-state index in [0.717, 1.165) is 10.5 Å². The summed E-state index contributed by atoms with van der Waals surface area (Å²) in [4.78, 5) is 13.4. The van der Waals surface area contributed by atoms with Crippen LogP contribution in [-0.2, 0) is 4.79 Å². The lowest BCUT2D eigenvalue weighted by Gasteiger charge is -2.31. The molecule has 1 heterocycles. The summed E-state index contributed by atoms with van der Waals surface area (Å²) in [5.74, 6) is -1.17. The first-order valence-electron chi connectivity index (χ1n) is 7.52. The fraction of sp³-hybridized carbons (Fsp3) is 0.278. The Bertz CT molecular complexity index is 661. The number of nitrogens with zero attached hydrogens (tertiary/aromatic N) is 1. The summed E-state index contributed by atoms with van der Waals surface area (Å²) in [5, 5.41) is 30.7. The maximum absolute atomic E-state index is 12.3. The Hall–Kier alpha value is -2.21. The molecule has 2 aromatic rings. The van der Waals surface area contributed by atoms with E-state index in [2.05, 4.69) is 0 Å². The van der Waals surface area contributed by atoms with E-state index in [4.69, 9.17) is 0 Å². The molecule has 0 aliphatic carbocycles. The molecule has 0 spiro atoms. The number of carbonyl (C=O) groups is 1. The molecule has 0 radical (unpaired) electrons. The van der Waals surface area contributed by atoms with Crippen LogP contribution >= 0.6 is 0 Å².